The van der Waals surface area contributed by atoms with E-state index in [4.69, 9.17) is 11.6 Å². The number of nitrogens with one attached hydrogen (secondary N) is 2. The molecule has 8 nitrogen and oxygen atoms in total. The molecule has 0 bridgehead atoms. The van der Waals surface area contributed by atoms with Crippen molar-refractivity contribution >= 4 is 50.9 Å². The third kappa shape index (κ3) is 3.94. The predicted molar refractivity (Wildman–Crippen MR) is 122 cm³/mol. The van der Waals surface area contributed by atoms with E-state index in [1.165, 1.54) is 4.57 Å². The molecule has 4 aromatic rings. The molecule has 0 amide bonds. The lowest BCUT2D eigenvalue weighted by Gasteiger charge is -2.09. The van der Waals surface area contributed by atoms with Crippen LogP contribution in [0.3, 0.4) is 0 Å². The van der Waals surface area contributed by atoms with E-state index in [2.05, 4.69) is 36.4 Å². The van der Waals surface area contributed by atoms with Crippen molar-refractivity contribution in [3.8, 4) is 0 Å². The second-order valence-electron chi connectivity index (χ2n) is 6.53. The fourth-order valence-corrected chi connectivity index (χ4v) is 3.44. The molecule has 4 rings (SSSR count). The Morgan fingerprint density at radius 2 is 1.93 bits per heavy atom. The van der Waals surface area contributed by atoms with E-state index in [0.717, 1.165) is 15.6 Å². The highest BCUT2D eigenvalue weighted by atomic mass is 79.9. The van der Waals surface area contributed by atoms with Gasteiger partial charge < -0.3 is 0 Å². The molecule has 30 heavy (non-hydrogen) atoms. The number of hydrogen-bond donors (Lipinski definition) is 2. The van der Waals surface area contributed by atoms with Crippen LogP contribution in [0.2, 0.25) is 5.02 Å². The third-order valence-corrected chi connectivity index (χ3v) is 5.44. The maximum absolute atomic E-state index is 12.6. The molecule has 0 saturated carbocycles. The van der Waals surface area contributed by atoms with Gasteiger partial charge in [-0.05, 0) is 29.3 Å². The number of benzene rings is 2. The Kier molecular flexibility index (Phi) is 5.56. The highest BCUT2D eigenvalue weighted by Crippen LogP contribution is 2.22. The topological polar surface area (TPSA) is 97.1 Å². The molecule has 0 aliphatic carbocycles. The maximum atomic E-state index is 12.6. The summed E-state index contributed by atoms with van der Waals surface area (Å²) in [6.45, 7) is 0.271. The molecule has 2 N–H and O–H groups in total. The number of aryl methyl sites for hydroxylation is 1. The molecule has 0 aliphatic rings. The number of rotatable bonds is 5. The van der Waals surface area contributed by atoms with Gasteiger partial charge in [0, 0.05) is 16.5 Å². The lowest BCUT2D eigenvalue weighted by Crippen LogP contribution is -2.29. The normalized spacial score (nSPS) is 11.4. The zero-order chi connectivity index (χ0) is 21.3. The molecule has 0 radical (unpaired) electrons. The summed E-state index contributed by atoms with van der Waals surface area (Å²) >= 11 is 9.70. The van der Waals surface area contributed by atoms with Crippen molar-refractivity contribution in [3.63, 3.8) is 0 Å². The first-order chi connectivity index (χ1) is 14.4. The molecular weight excluding hydrogens is 472 g/mol. The lowest BCUT2D eigenvalue weighted by molar-refractivity contribution is 0.808. The zero-order valence-electron chi connectivity index (χ0n) is 15.8. The Bertz CT molecular complexity index is 1370. The minimum absolute atomic E-state index is 0.247. The minimum Gasteiger partial charge on any atom is -0.298 e. The summed E-state index contributed by atoms with van der Waals surface area (Å²) in [4.78, 5) is 31.3. The van der Waals surface area contributed by atoms with Gasteiger partial charge in [-0.2, -0.15) is 10.1 Å². The Balaban J connectivity index is 1.79. The average Bonchev–Trinajstić information content (AvgIpc) is 3.08. The van der Waals surface area contributed by atoms with Gasteiger partial charge >= 0.3 is 5.69 Å². The SMILES string of the molecule is Cn1c(=O)[nH]c(=O)c2c1nc(NN=Cc1ccc(Br)cc1)n2Cc1ccccc1Cl. The second-order valence-corrected chi connectivity index (χ2v) is 7.85. The summed E-state index contributed by atoms with van der Waals surface area (Å²) in [6, 6.07) is 14.9. The lowest BCUT2D eigenvalue weighted by atomic mass is 10.2. The number of aromatic nitrogens is 4. The molecule has 2 heterocycles. The molecular formula is C20H16BrClN6O2. The predicted octanol–water partition coefficient (Wildman–Crippen LogP) is 3.33. The molecule has 152 valence electrons. The molecule has 0 aliphatic heterocycles. The van der Waals surface area contributed by atoms with E-state index in [-0.39, 0.29) is 17.7 Å². The summed E-state index contributed by atoms with van der Waals surface area (Å²) in [6.07, 6.45) is 1.63. The number of aromatic amines is 1. The Morgan fingerprint density at radius 1 is 1.20 bits per heavy atom. The molecule has 0 saturated heterocycles. The molecule has 0 unspecified atom stereocenters. The van der Waals surface area contributed by atoms with E-state index in [1.54, 1.807) is 23.9 Å². The minimum atomic E-state index is -0.542. The van der Waals surface area contributed by atoms with E-state index in [9.17, 15) is 9.59 Å². The number of fused-ring (bicyclic) bond motifs is 1. The Hall–Kier alpha value is -3.17. The number of imidazole rings is 1. The quantitative estimate of drug-likeness (QED) is 0.333. The van der Waals surface area contributed by atoms with Crippen molar-refractivity contribution in [1.29, 1.82) is 0 Å². The van der Waals surface area contributed by atoms with Gasteiger partial charge in [-0.1, -0.05) is 57.9 Å². The van der Waals surface area contributed by atoms with Crippen molar-refractivity contribution in [2.24, 2.45) is 12.1 Å². The van der Waals surface area contributed by atoms with E-state index in [1.807, 2.05) is 42.5 Å². The smallest absolute Gasteiger partial charge is 0.298 e. The van der Waals surface area contributed by atoms with Crippen molar-refractivity contribution < 1.29 is 0 Å². The van der Waals surface area contributed by atoms with Gasteiger partial charge in [-0.3, -0.25) is 18.9 Å². The van der Waals surface area contributed by atoms with Gasteiger partial charge in [-0.25, -0.2) is 10.2 Å². The zero-order valence-corrected chi connectivity index (χ0v) is 18.1. The van der Waals surface area contributed by atoms with Crippen LogP contribution >= 0.6 is 27.5 Å². The van der Waals surface area contributed by atoms with Crippen LogP contribution in [0.4, 0.5) is 5.95 Å². The molecule has 10 heteroatoms. The van der Waals surface area contributed by atoms with Crippen LogP contribution in [0, 0.1) is 0 Å². The number of hydrogen-bond acceptors (Lipinski definition) is 5. The van der Waals surface area contributed by atoms with Crippen LogP contribution in [0.5, 0.6) is 0 Å². The Morgan fingerprint density at radius 3 is 2.67 bits per heavy atom. The van der Waals surface area contributed by atoms with Crippen LogP contribution in [0.25, 0.3) is 11.2 Å². The fourth-order valence-electron chi connectivity index (χ4n) is 2.98. The van der Waals surface area contributed by atoms with E-state index in [0.29, 0.717) is 11.0 Å². The van der Waals surface area contributed by atoms with Gasteiger partial charge in [0.05, 0.1) is 12.8 Å². The van der Waals surface area contributed by atoms with Gasteiger partial charge in [0.15, 0.2) is 11.2 Å². The highest BCUT2D eigenvalue weighted by molar-refractivity contribution is 9.10. The Labute approximate surface area is 184 Å². The van der Waals surface area contributed by atoms with Gasteiger partial charge in [0.1, 0.15) is 0 Å². The van der Waals surface area contributed by atoms with Crippen molar-refractivity contribution in [2.75, 3.05) is 5.43 Å². The van der Waals surface area contributed by atoms with Crippen molar-refractivity contribution in [3.05, 3.63) is 90.0 Å². The largest absolute Gasteiger partial charge is 0.329 e. The molecule has 2 aromatic heterocycles. The number of H-pyrrole nitrogens is 1. The number of anilines is 1. The van der Waals surface area contributed by atoms with Crippen LogP contribution < -0.4 is 16.7 Å². The van der Waals surface area contributed by atoms with Crippen LogP contribution in [-0.4, -0.2) is 25.3 Å². The monoisotopic (exact) mass is 486 g/mol. The van der Waals surface area contributed by atoms with Gasteiger partial charge in [0.25, 0.3) is 5.56 Å². The van der Waals surface area contributed by atoms with Gasteiger partial charge in [-0.15, -0.1) is 0 Å². The first-order valence-corrected chi connectivity index (χ1v) is 10.1. The summed E-state index contributed by atoms with van der Waals surface area (Å²) < 4.78 is 3.89. The van der Waals surface area contributed by atoms with Crippen LogP contribution in [0.15, 0.2) is 67.7 Å². The summed E-state index contributed by atoms with van der Waals surface area (Å²) in [7, 11) is 1.54. The number of halogens is 2. The summed E-state index contributed by atoms with van der Waals surface area (Å²) in [5.41, 5.74) is 3.98. The van der Waals surface area contributed by atoms with Crippen molar-refractivity contribution in [1.82, 2.24) is 19.1 Å². The highest BCUT2D eigenvalue weighted by Gasteiger charge is 2.18. The van der Waals surface area contributed by atoms with Crippen LogP contribution in [0.1, 0.15) is 11.1 Å². The molecule has 0 fully saturated rings. The number of hydrazone groups is 1. The summed E-state index contributed by atoms with van der Waals surface area (Å²) in [5.74, 6) is 0.310. The number of nitrogens with zero attached hydrogens (tertiary/aromatic N) is 4. The average molecular weight is 488 g/mol. The summed E-state index contributed by atoms with van der Waals surface area (Å²) in [5, 5.41) is 4.80. The second kappa shape index (κ2) is 8.29. The molecule has 2 aromatic carbocycles. The third-order valence-electron chi connectivity index (χ3n) is 4.54. The fraction of sp³-hybridized carbons (Fsp3) is 0.100. The molecule has 0 spiro atoms. The van der Waals surface area contributed by atoms with Crippen molar-refractivity contribution in [2.45, 2.75) is 6.54 Å². The molecule has 0 atom stereocenters. The van der Waals surface area contributed by atoms with E-state index >= 15 is 0 Å². The first-order valence-electron chi connectivity index (χ1n) is 8.91. The van der Waals surface area contributed by atoms with E-state index < -0.39 is 11.2 Å². The van der Waals surface area contributed by atoms with Crippen LogP contribution in [-0.2, 0) is 13.6 Å². The standard InChI is InChI=1S/C20H16BrClN6O2/c1-27-17-16(18(29)25-20(27)30)28(11-13-4-2-3-5-15(13)22)19(24-17)26-23-10-12-6-8-14(21)9-7-12/h2-10H,11H2,1H3,(H,24,26)(H,25,29,30). The maximum Gasteiger partial charge on any atom is 0.329 e. The first kappa shape index (κ1) is 20.1. The van der Waals surface area contributed by atoms with Gasteiger partial charge in [0.2, 0.25) is 5.95 Å².